The molecular weight excluding hydrogens is 588 g/mol. The molecule has 0 bridgehead atoms. The van der Waals surface area contributed by atoms with Crippen molar-refractivity contribution in [3.8, 4) is 0 Å². The van der Waals surface area contributed by atoms with E-state index in [1.165, 1.54) is 173 Å². The van der Waals surface area contributed by atoms with E-state index in [0.29, 0.717) is 66.1 Å². The van der Waals surface area contributed by atoms with Crippen LogP contribution in [0, 0.1) is 0 Å². The zero-order chi connectivity index (χ0) is 33.8. The van der Waals surface area contributed by atoms with E-state index < -0.39 is 0 Å². The predicted octanol–water partition coefficient (Wildman–Crippen LogP) is 11.7. The first-order chi connectivity index (χ1) is 23.4. The van der Waals surface area contributed by atoms with Gasteiger partial charge in [-0.05, 0) is 12.8 Å². The molecule has 0 atom stereocenters. The minimum atomic E-state index is 0.585. The lowest BCUT2D eigenvalue weighted by atomic mass is 10.0. The SMILES string of the molecule is CCCCCCCCCCCCCCCCOCCOCCOCCOCCOCCOCCCCCCCCCCCCCCC. The summed E-state index contributed by atoms with van der Waals surface area (Å²) in [6, 6.07) is 0. The van der Waals surface area contributed by atoms with Crippen molar-refractivity contribution in [3.63, 3.8) is 0 Å². The van der Waals surface area contributed by atoms with Crippen molar-refractivity contribution in [2.24, 2.45) is 0 Å². The smallest absolute Gasteiger partial charge is 0.0701 e. The van der Waals surface area contributed by atoms with E-state index in [0.717, 1.165) is 13.2 Å². The highest BCUT2D eigenvalue weighted by atomic mass is 16.6. The van der Waals surface area contributed by atoms with Gasteiger partial charge < -0.3 is 28.4 Å². The number of unbranched alkanes of at least 4 members (excludes halogenated alkanes) is 25. The summed E-state index contributed by atoms with van der Waals surface area (Å²) >= 11 is 0. The van der Waals surface area contributed by atoms with Crippen LogP contribution in [0.15, 0.2) is 0 Å². The van der Waals surface area contributed by atoms with Gasteiger partial charge in [-0.15, -0.1) is 0 Å². The monoisotopic (exact) mass is 673 g/mol. The lowest BCUT2D eigenvalue weighted by Gasteiger charge is -2.08. The van der Waals surface area contributed by atoms with E-state index in [4.69, 9.17) is 28.4 Å². The van der Waals surface area contributed by atoms with Gasteiger partial charge >= 0.3 is 0 Å². The Bertz CT molecular complexity index is 476. The van der Waals surface area contributed by atoms with Crippen molar-refractivity contribution < 1.29 is 28.4 Å². The van der Waals surface area contributed by atoms with Crippen molar-refractivity contribution in [2.75, 3.05) is 79.3 Å². The van der Waals surface area contributed by atoms with Gasteiger partial charge in [0.25, 0.3) is 0 Å². The maximum atomic E-state index is 5.69. The summed E-state index contributed by atoms with van der Waals surface area (Å²) in [6.07, 6.45) is 37.4. The topological polar surface area (TPSA) is 55.4 Å². The molecule has 0 N–H and O–H groups in total. The van der Waals surface area contributed by atoms with E-state index in [1.807, 2.05) is 0 Å². The molecule has 6 nitrogen and oxygen atoms in total. The summed E-state index contributed by atoms with van der Waals surface area (Å²) in [5.74, 6) is 0. The second kappa shape index (κ2) is 45.8. The van der Waals surface area contributed by atoms with Crippen LogP contribution in [0.3, 0.4) is 0 Å². The van der Waals surface area contributed by atoms with Crippen LogP contribution in [-0.2, 0) is 28.4 Å². The molecule has 0 spiro atoms. The summed E-state index contributed by atoms with van der Waals surface area (Å²) in [7, 11) is 0. The average Bonchev–Trinajstić information content (AvgIpc) is 3.08. The van der Waals surface area contributed by atoms with Gasteiger partial charge in [0.05, 0.1) is 66.1 Å². The Morgan fingerprint density at radius 1 is 0.170 bits per heavy atom. The highest BCUT2D eigenvalue weighted by Gasteiger charge is 1.98. The van der Waals surface area contributed by atoms with Gasteiger partial charge in [0.15, 0.2) is 0 Å². The molecule has 0 rings (SSSR count). The third-order valence-corrected chi connectivity index (χ3v) is 8.89. The quantitative estimate of drug-likeness (QED) is 0.0600. The molecule has 0 aromatic carbocycles. The Morgan fingerprint density at radius 2 is 0.319 bits per heavy atom. The maximum absolute atomic E-state index is 5.69. The molecule has 0 unspecified atom stereocenters. The van der Waals surface area contributed by atoms with Gasteiger partial charge in [0.2, 0.25) is 0 Å². The lowest BCUT2D eigenvalue weighted by Crippen LogP contribution is -2.14. The third-order valence-electron chi connectivity index (χ3n) is 8.89. The van der Waals surface area contributed by atoms with Crippen LogP contribution < -0.4 is 0 Å². The largest absolute Gasteiger partial charge is 0.379 e. The van der Waals surface area contributed by atoms with Crippen molar-refractivity contribution >= 4 is 0 Å². The molecule has 47 heavy (non-hydrogen) atoms. The lowest BCUT2D eigenvalue weighted by molar-refractivity contribution is -0.0169. The number of ether oxygens (including phenoxy) is 6. The molecule has 0 saturated heterocycles. The van der Waals surface area contributed by atoms with Crippen LogP contribution in [0.25, 0.3) is 0 Å². The fraction of sp³-hybridized carbons (Fsp3) is 1.00. The molecule has 0 aromatic rings. The number of hydrogen-bond donors (Lipinski definition) is 0. The van der Waals surface area contributed by atoms with Crippen LogP contribution in [0.1, 0.15) is 187 Å². The highest BCUT2D eigenvalue weighted by molar-refractivity contribution is 4.51. The molecule has 0 aromatic heterocycles. The van der Waals surface area contributed by atoms with Crippen LogP contribution in [0.4, 0.5) is 0 Å². The van der Waals surface area contributed by atoms with E-state index in [1.54, 1.807) is 0 Å². The molecule has 0 aliphatic heterocycles. The molecule has 0 saturated carbocycles. The highest BCUT2D eigenvalue weighted by Crippen LogP contribution is 2.14. The van der Waals surface area contributed by atoms with Crippen molar-refractivity contribution in [1.29, 1.82) is 0 Å². The standard InChI is InChI=1S/C41H84O6/c1-3-5-7-9-11-13-15-17-19-21-23-25-27-29-31-43-33-35-45-37-39-47-41-40-46-38-36-44-34-32-42-30-28-26-24-22-20-18-16-14-12-10-8-6-4-2/h3-41H2,1-2H3. The number of rotatable bonds is 44. The molecule has 0 radical (unpaired) electrons. The first-order valence-electron chi connectivity index (χ1n) is 20.9. The summed E-state index contributed by atoms with van der Waals surface area (Å²) in [6.45, 7) is 12.5. The first kappa shape index (κ1) is 46.8. The second-order valence-electron chi connectivity index (χ2n) is 13.5. The van der Waals surface area contributed by atoms with Gasteiger partial charge in [-0.3, -0.25) is 0 Å². The summed E-state index contributed by atoms with van der Waals surface area (Å²) in [4.78, 5) is 0. The van der Waals surface area contributed by atoms with Crippen molar-refractivity contribution in [2.45, 2.75) is 187 Å². The van der Waals surface area contributed by atoms with Gasteiger partial charge in [0, 0.05) is 13.2 Å². The van der Waals surface area contributed by atoms with E-state index in [9.17, 15) is 0 Å². The molecule has 6 heteroatoms. The van der Waals surface area contributed by atoms with E-state index in [2.05, 4.69) is 13.8 Å². The molecule has 0 aliphatic rings. The Hall–Kier alpha value is -0.240. The summed E-state index contributed by atoms with van der Waals surface area (Å²) in [5, 5.41) is 0. The fourth-order valence-electron chi connectivity index (χ4n) is 5.82. The first-order valence-corrected chi connectivity index (χ1v) is 20.9. The van der Waals surface area contributed by atoms with Crippen LogP contribution in [-0.4, -0.2) is 79.3 Å². The zero-order valence-corrected chi connectivity index (χ0v) is 32.0. The minimum Gasteiger partial charge on any atom is -0.379 e. The average molecular weight is 673 g/mol. The van der Waals surface area contributed by atoms with E-state index >= 15 is 0 Å². The van der Waals surface area contributed by atoms with Crippen molar-refractivity contribution in [3.05, 3.63) is 0 Å². The van der Waals surface area contributed by atoms with Gasteiger partial charge in [0.1, 0.15) is 0 Å². The van der Waals surface area contributed by atoms with Crippen LogP contribution in [0.5, 0.6) is 0 Å². The predicted molar refractivity (Wildman–Crippen MR) is 201 cm³/mol. The molecule has 0 fully saturated rings. The molecule has 284 valence electrons. The van der Waals surface area contributed by atoms with Crippen LogP contribution in [0.2, 0.25) is 0 Å². The van der Waals surface area contributed by atoms with Gasteiger partial charge in [-0.2, -0.15) is 0 Å². The fourth-order valence-corrected chi connectivity index (χ4v) is 5.82. The van der Waals surface area contributed by atoms with Gasteiger partial charge in [-0.25, -0.2) is 0 Å². The van der Waals surface area contributed by atoms with E-state index in [-0.39, 0.29) is 0 Å². The molecule has 0 aliphatic carbocycles. The third kappa shape index (κ3) is 45.8. The second-order valence-corrected chi connectivity index (χ2v) is 13.5. The normalized spacial score (nSPS) is 11.6. The summed E-state index contributed by atoms with van der Waals surface area (Å²) in [5.41, 5.74) is 0. The summed E-state index contributed by atoms with van der Waals surface area (Å²) < 4.78 is 33.7. The molecule has 0 heterocycles. The Kier molecular flexibility index (Phi) is 45.5. The van der Waals surface area contributed by atoms with Gasteiger partial charge in [-0.1, -0.05) is 174 Å². The Morgan fingerprint density at radius 3 is 0.511 bits per heavy atom. The maximum Gasteiger partial charge on any atom is 0.0701 e. The van der Waals surface area contributed by atoms with Crippen LogP contribution >= 0.6 is 0 Å². The zero-order valence-electron chi connectivity index (χ0n) is 32.0. The number of hydrogen-bond acceptors (Lipinski definition) is 6. The molecule has 0 amide bonds. The minimum absolute atomic E-state index is 0.585. The van der Waals surface area contributed by atoms with Crippen molar-refractivity contribution in [1.82, 2.24) is 0 Å². The Balaban J connectivity index is 3.03. The molecular formula is C41H84O6. The Labute approximate surface area is 294 Å².